The minimum Gasteiger partial charge on any atom is -0.454 e. The number of hydrogen-bond acceptors (Lipinski definition) is 3. The van der Waals surface area contributed by atoms with Crippen molar-refractivity contribution in [3.05, 3.63) is 72.2 Å². The van der Waals surface area contributed by atoms with Crippen LogP contribution in [0.5, 0.6) is 11.5 Å². The van der Waals surface area contributed by atoms with E-state index in [-0.39, 0.29) is 12.6 Å². The van der Waals surface area contributed by atoms with E-state index in [0.29, 0.717) is 11.3 Å². The second-order valence-electron chi connectivity index (χ2n) is 4.51. The Morgan fingerprint density at radius 1 is 1.05 bits per heavy atom. The first kappa shape index (κ1) is 12.5. The Hall–Kier alpha value is -2.55. The third-order valence-electron chi connectivity index (χ3n) is 3.06. The predicted octanol–water partition coefficient (Wildman–Crippen LogP) is 3.49. The van der Waals surface area contributed by atoms with Crippen LogP contribution in [-0.2, 0) is 0 Å². The van der Waals surface area contributed by atoms with Crippen LogP contribution in [0, 0.1) is 6.92 Å². The van der Waals surface area contributed by atoms with Crippen molar-refractivity contribution in [1.82, 2.24) is 0 Å². The molecule has 0 unspecified atom stereocenters. The van der Waals surface area contributed by atoms with Gasteiger partial charge in [0, 0.05) is 5.56 Å². The molecule has 0 spiro atoms. The quantitative estimate of drug-likeness (QED) is 0.629. The lowest BCUT2D eigenvalue weighted by atomic mass is 10.1. The lowest BCUT2D eigenvalue weighted by Gasteiger charge is -1.98. The van der Waals surface area contributed by atoms with Crippen LogP contribution < -0.4 is 9.47 Å². The third-order valence-corrected chi connectivity index (χ3v) is 3.06. The molecule has 0 fully saturated rings. The molecule has 3 heteroatoms. The molecule has 20 heavy (non-hydrogen) atoms. The van der Waals surface area contributed by atoms with Gasteiger partial charge in [0.15, 0.2) is 17.3 Å². The highest BCUT2D eigenvalue weighted by molar-refractivity contribution is 6.06. The Morgan fingerprint density at radius 3 is 2.60 bits per heavy atom. The molecule has 1 radical (unpaired) electrons. The molecule has 0 N–H and O–H groups in total. The number of rotatable bonds is 3. The number of carbonyl (C=O) groups is 1. The third kappa shape index (κ3) is 2.57. The normalized spacial score (nSPS) is 12.8. The number of fused-ring (bicyclic) bond motifs is 1. The molecule has 3 rings (SSSR count). The average Bonchev–Trinajstić information content (AvgIpc) is 2.93. The van der Waals surface area contributed by atoms with Crippen LogP contribution in [0.15, 0.2) is 48.5 Å². The second kappa shape index (κ2) is 5.21. The molecule has 0 saturated heterocycles. The molecule has 1 aliphatic rings. The predicted molar refractivity (Wildman–Crippen MR) is 76.8 cm³/mol. The highest BCUT2D eigenvalue weighted by Gasteiger charge is 2.12. The molecule has 99 valence electrons. The van der Waals surface area contributed by atoms with Gasteiger partial charge in [0.2, 0.25) is 6.79 Å². The summed E-state index contributed by atoms with van der Waals surface area (Å²) in [6.45, 7) is 4.04. The summed E-state index contributed by atoms with van der Waals surface area (Å²) in [7, 11) is 0. The molecule has 0 aliphatic carbocycles. The fourth-order valence-corrected chi connectivity index (χ4v) is 1.95. The van der Waals surface area contributed by atoms with E-state index in [4.69, 9.17) is 9.47 Å². The van der Waals surface area contributed by atoms with E-state index >= 15 is 0 Å². The van der Waals surface area contributed by atoms with Gasteiger partial charge in [-0.3, -0.25) is 4.79 Å². The summed E-state index contributed by atoms with van der Waals surface area (Å²) in [4.78, 5) is 12.0. The zero-order valence-electron chi connectivity index (χ0n) is 10.8. The summed E-state index contributed by atoms with van der Waals surface area (Å²) >= 11 is 0. The minimum atomic E-state index is -0.0392. The molecule has 0 saturated carbocycles. The summed E-state index contributed by atoms with van der Waals surface area (Å²) in [6, 6.07) is 12.8. The van der Waals surface area contributed by atoms with Gasteiger partial charge in [-0.15, -0.1) is 0 Å². The lowest BCUT2D eigenvalue weighted by molar-refractivity contribution is 0.104. The van der Waals surface area contributed by atoms with Gasteiger partial charge >= 0.3 is 0 Å². The van der Waals surface area contributed by atoms with Crippen molar-refractivity contribution in [2.24, 2.45) is 0 Å². The van der Waals surface area contributed by atoms with E-state index < -0.39 is 0 Å². The van der Waals surface area contributed by atoms with Crippen molar-refractivity contribution < 1.29 is 14.3 Å². The summed E-state index contributed by atoms with van der Waals surface area (Å²) < 4.78 is 10.5. The van der Waals surface area contributed by atoms with Gasteiger partial charge in [-0.2, -0.15) is 0 Å². The first-order chi connectivity index (χ1) is 9.72. The monoisotopic (exact) mass is 265 g/mol. The first-order valence-corrected chi connectivity index (χ1v) is 6.26. The maximum absolute atomic E-state index is 12.0. The smallest absolute Gasteiger partial charge is 0.231 e. The Labute approximate surface area is 117 Å². The fraction of sp³-hybridized carbons (Fsp3) is 0.0588. The second-order valence-corrected chi connectivity index (χ2v) is 4.51. The fourth-order valence-electron chi connectivity index (χ4n) is 1.95. The van der Waals surface area contributed by atoms with Crippen molar-refractivity contribution in [3.8, 4) is 11.5 Å². The van der Waals surface area contributed by atoms with Crippen LogP contribution in [0.25, 0.3) is 6.08 Å². The van der Waals surface area contributed by atoms with Crippen LogP contribution in [0.3, 0.4) is 0 Å². The largest absolute Gasteiger partial charge is 0.454 e. The minimum absolute atomic E-state index is 0.0392. The highest BCUT2D eigenvalue weighted by Crippen LogP contribution is 2.32. The molecule has 2 aromatic carbocycles. The summed E-state index contributed by atoms with van der Waals surface area (Å²) in [5, 5.41) is 0. The number of carbonyl (C=O) groups excluding carboxylic acids is 1. The van der Waals surface area contributed by atoms with Gasteiger partial charge in [0.05, 0.1) is 0 Å². The standard InChI is InChI=1S/C17H13O3/c1-12-2-6-14(7-3-12)15(18)8-4-13-5-9-16-17(10-13)20-11-19-16/h2-10H,1,11H2/b8-4+. The molecule has 2 aromatic rings. The van der Waals surface area contributed by atoms with Crippen molar-refractivity contribution in [3.63, 3.8) is 0 Å². The molecular weight excluding hydrogens is 252 g/mol. The van der Waals surface area contributed by atoms with E-state index in [1.807, 2.05) is 30.3 Å². The van der Waals surface area contributed by atoms with Gasteiger partial charge in [-0.1, -0.05) is 36.4 Å². The van der Waals surface area contributed by atoms with Crippen LogP contribution >= 0.6 is 0 Å². The molecule has 0 aromatic heterocycles. The van der Waals surface area contributed by atoms with Crippen LogP contribution in [0.4, 0.5) is 0 Å². The summed E-state index contributed by atoms with van der Waals surface area (Å²) in [6.07, 6.45) is 3.32. The van der Waals surface area contributed by atoms with Crippen LogP contribution in [0.2, 0.25) is 0 Å². The number of ether oxygens (including phenoxy) is 2. The van der Waals surface area contributed by atoms with Gasteiger partial charge in [-0.05, 0) is 36.3 Å². The first-order valence-electron chi connectivity index (χ1n) is 6.26. The number of hydrogen-bond donors (Lipinski definition) is 0. The molecule has 1 heterocycles. The van der Waals surface area contributed by atoms with Gasteiger partial charge < -0.3 is 9.47 Å². The maximum Gasteiger partial charge on any atom is 0.231 e. The van der Waals surface area contributed by atoms with E-state index in [1.54, 1.807) is 24.3 Å². The number of benzene rings is 2. The lowest BCUT2D eigenvalue weighted by Crippen LogP contribution is -1.93. The summed E-state index contributed by atoms with van der Waals surface area (Å²) in [5.74, 6) is 1.41. The van der Waals surface area contributed by atoms with Crippen molar-refractivity contribution >= 4 is 11.9 Å². The van der Waals surface area contributed by atoms with Crippen molar-refractivity contribution in [2.75, 3.05) is 6.79 Å². The SMILES string of the molecule is [CH2]c1ccc(C(=O)/C=C/c2ccc3c(c2)OCO3)cc1. The Balaban J connectivity index is 1.76. The van der Waals surface area contributed by atoms with Crippen molar-refractivity contribution in [2.45, 2.75) is 0 Å². The Kier molecular flexibility index (Phi) is 3.25. The van der Waals surface area contributed by atoms with Gasteiger partial charge in [0.1, 0.15) is 0 Å². The van der Waals surface area contributed by atoms with Gasteiger partial charge in [-0.25, -0.2) is 0 Å². The van der Waals surface area contributed by atoms with E-state index in [9.17, 15) is 4.79 Å². The molecule has 1 aliphatic heterocycles. The van der Waals surface area contributed by atoms with Crippen LogP contribution in [0.1, 0.15) is 21.5 Å². The van der Waals surface area contributed by atoms with Crippen molar-refractivity contribution in [1.29, 1.82) is 0 Å². The van der Waals surface area contributed by atoms with E-state index in [2.05, 4.69) is 6.92 Å². The Bertz CT molecular complexity index is 669. The van der Waals surface area contributed by atoms with Gasteiger partial charge in [0.25, 0.3) is 0 Å². The zero-order valence-corrected chi connectivity index (χ0v) is 10.8. The Morgan fingerprint density at radius 2 is 1.80 bits per heavy atom. The number of ketones is 1. The van der Waals surface area contributed by atoms with Crippen LogP contribution in [-0.4, -0.2) is 12.6 Å². The zero-order chi connectivity index (χ0) is 13.9. The average molecular weight is 265 g/mol. The maximum atomic E-state index is 12.0. The molecule has 3 nitrogen and oxygen atoms in total. The molecule has 0 amide bonds. The number of allylic oxidation sites excluding steroid dienone is 1. The van der Waals surface area contributed by atoms with E-state index in [1.165, 1.54) is 0 Å². The molecular formula is C17H13O3. The molecule has 0 bridgehead atoms. The highest BCUT2D eigenvalue weighted by atomic mass is 16.7. The molecule has 0 atom stereocenters. The summed E-state index contributed by atoms with van der Waals surface area (Å²) in [5.41, 5.74) is 2.44. The van der Waals surface area contributed by atoms with E-state index in [0.717, 1.165) is 16.9 Å². The topological polar surface area (TPSA) is 35.5 Å².